The predicted molar refractivity (Wildman–Crippen MR) is 49.6 cm³/mol. The summed E-state index contributed by atoms with van der Waals surface area (Å²) in [6.07, 6.45) is 1.92. The van der Waals surface area contributed by atoms with Crippen LogP contribution >= 0.6 is 0 Å². The van der Waals surface area contributed by atoms with Gasteiger partial charge in [0.1, 0.15) is 5.75 Å². The average molecular weight is 161 g/mol. The Hall–Kier alpha value is -1.44. The molecule has 2 nitrogen and oxygen atoms in total. The second kappa shape index (κ2) is 2.55. The molecule has 0 aliphatic carbocycles. The van der Waals surface area contributed by atoms with Crippen LogP contribution in [0.15, 0.2) is 24.4 Å². The molecular formula is C10H11NO. The number of fused-ring (bicyclic) bond motifs is 1. The van der Waals surface area contributed by atoms with E-state index in [0.29, 0.717) is 0 Å². The third kappa shape index (κ3) is 0.961. The summed E-state index contributed by atoms with van der Waals surface area (Å²) in [6.45, 7) is 2.06. The summed E-state index contributed by atoms with van der Waals surface area (Å²) < 4.78 is 5.24. The normalized spacial score (nSPS) is 10.5. The van der Waals surface area contributed by atoms with Gasteiger partial charge >= 0.3 is 0 Å². The lowest BCUT2D eigenvalue weighted by Crippen LogP contribution is -1.85. The molecule has 0 fully saturated rings. The maximum atomic E-state index is 5.24. The molecule has 1 aromatic heterocycles. The first kappa shape index (κ1) is 7.22. The average Bonchev–Trinajstić information content (AvgIpc) is 2.50. The first-order chi connectivity index (χ1) is 5.81. The van der Waals surface area contributed by atoms with Crippen molar-refractivity contribution in [2.75, 3.05) is 7.11 Å². The van der Waals surface area contributed by atoms with Crippen molar-refractivity contribution in [2.45, 2.75) is 6.92 Å². The van der Waals surface area contributed by atoms with Gasteiger partial charge in [0.25, 0.3) is 0 Å². The van der Waals surface area contributed by atoms with Gasteiger partial charge in [-0.3, -0.25) is 0 Å². The number of benzene rings is 1. The summed E-state index contributed by atoms with van der Waals surface area (Å²) in [7, 11) is 1.69. The molecule has 0 aliphatic rings. The van der Waals surface area contributed by atoms with E-state index in [4.69, 9.17) is 4.74 Å². The van der Waals surface area contributed by atoms with Gasteiger partial charge in [0.15, 0.2) is 0 Å². The monoisotopic (exact) mass is 161 g/mol. The number of H-pyrrole nitrogens is 1. The molecule has 62 valence electrons. The van der Waals surface area contributed by atoms with E-state index in [1.54, 1.807) is 7.11 Å². The van der Waals surface area contributed by atoms with Gasteiger partial charge in [-0.1, -0.05) is 0 Å². The number of aryl methyl sites for hydroxylation is 1. The minimum Gasteiger partial charge on any atom is -0.495 e. The van der Waals surface area contributed by atoms with Crippen LogP contribution < -0.4 is 4.74 Å². The summed E-state index contributed by atoms with van der Waals surface area (Å²) >= 11 is 0. The topological polar surface area (TPSA) is 25.0 Å². The van der Waals surface area contributed by atoms with Crippen molar-refractivity contribution in [3.8, 4) is 5.75 Å². The van der Waals surface area contributed by atoms with Crippen molar-refractivity contribution >= 4 is 10.9 Å². The number of hydrogen-bond acceptors (Lipinski definition) is 1. The zero-order valence-electron chi connectivity index (χ0n) is 7.22. The summed E-state index contributed by atoms with van der Waals surface area (Å²) in [5.74, 6) is 0.912. The van der Waals surface area contributed by atoms with Crippen LogP contribution in [0.25, 0.3) is 10.9 Å². The second-order valence-electron chi connectivity index (χ2n) is 2.91. The Morgan fingerprint density at radius 2 is 2.17 bits per heavy atom. The molecule has 0 unspecified atom stereocenters. The fourth-order valence-electron chi connectivity index (χ4n) is 1.44. The first-order valence-corrected chi connectivity index (χ1v) is 3.93. The van der Waals surface area contributed by atoms with Crippen molar-refractivity contribution in [1.29, 1.82) is 0 Å². The standard InChI is InChI=1S/C10H11NO/c1-7-5-8-3-4-11-10(8)9(6-7)12-2/h3-6,11H,1-2H3. The highest BCUT2D eigenvalue weighted by atomic mass is 16.5. The highest BCUT2D eigenvalue weighted by Gasteiger charge is 2.01. The lowest BCUT2D eigenvalue weighted by molar-refractivity contribution is 0.418. The van der Waals surface area contributed by atoms with Gasteiger partial charge in [0.2, 0.25) is 0 Å². The second-order valence-corrected chi connectivity index (χ2v) is 2.91. The number of rotatable bonds is 1. The van der Waals surface area contributed by atoms with Crippen molar-refractivity contribution < 1.29 is 4.74 Å². The third-order valence-corrected chi connectivity index (χ3v) is 1.99. The molecule has 1 heterocycles. The van der Waals surface area contributed by atoms with Crippen LogP contribution in [0.4, 0.5) is 0 Å². The first-order valence-electron chi connectivity index (χ1n) is 3.93. The van der Waals surface area contributed by atoms with E-state index in [1.165, 1.54) is 10.9 Å². The number of nitrogens with one attached hydrogen (secondary N) is 1. The van der Waals surface area contributed by atoms with Gasteiger partial charge in [0.05, 0.1) is 12.6 Å². The Kier molecular flexibility index (Phi) is 1.54. The van der Waals surface area contributed by atoms with Crippen LogP contribution in [0.3, 0.4) is 0 Å². The van der Waals surface area contributed by atoms with Crippen LogP contribution in [-0.4, -0.2) is 12.1 Å². The Balaban J connectivity index is 2.80. The van der Waals surface area contributed by atoms with Crippen molar-refractivity contribution in [2.24, 2.45) is 0 Å². The van der Waals surface area contributed by atoms with Crippen LogP contribution in [0.2, 0.25) is 0 Å². The highest BCUT2D eigenvalue weighted by Crippen LogP contribution is 2.25. The lowest BCUT2D eigenvalue weighted by Gasteiger charge is -2.02. The van der Waals surface area contributed by atoms with Gasteiger partial charge in [-0.25, -0.2) is 0 Å². The van der Waals surface area contributed by atoms with Crippen molar-refractivity contribution in [3.05, 3.63) is 30.0 Å². The molecule has 1 aromatic carbocycles. The highest BCUT2D eigenvalue weighted by molar-refractivity contribution is 5.85. The molecule has 2 heteroatoms. The molecular weight excluding hydrogens is 150 g/mol. The summed E-state index contributed by atoms with van der Waals surface area (Å²) in [4.78, 5) is 3.14. The van der Waals surface area contributed by atoms with E-state index in [-0.39, 0.29) is 0 Å². The van der Waals surface area contributed by atoms with Gasteiger partial charge in [-0.05, 0) is 30.7 Å². The molecule has 1 N–H and O–H groups in total. The number of methoxy groups -OCH3 is 1. The van der Waals surface area contributed by atoms with E-state index in [2.05, 4.69) is 18.0 Å². The van der Waals surface area contributed by atoms with E-state index in [9.17, 15) is 0 Å². The van der Waals surface area contributed by atoms with Gasteiger partial charge in [-0.2, -0.15) is 0 Å². The molecule has 0 radical (unpaired) electrons. The molecule has 0 atom stereocenters. The minimum atomic E-state index is 0.912. The van der Waals surface area contributed by atoms with Crippen molar-refractivity contribution in [1.82, 2.24) is 4.98 Å². The summed E-state index contributed by atoms with van der Waals surface area (Å²) in [6, 6.07) is 6.21. The van der Waals surface area contributed by atoms with E-state index in [1.807, 2.05) is 18.3 Å². The maximum Gasteiger partial charge on any atom is 0.143 e. The zero-order valence-corrected chi connectivity index (χ0v) is 7.22. The number of ether oxygens (including phenoxy) is 1. The molecule has 0 saturated heterocycles. The fourth-order valence-corrected chi connectivity index (χ4v) is 1.44. The van der Waals surface area contributed by atoms with E-state index >= 15 is 0 Å². The maximum absolute atomic E-state index is 5.24. The van der Waals surface area contributed by atoms with Crippen LogP contribution in [-0.2, 0) is 0 Å². The Morgan fingerprint density at radius 1 is 1.33 bits per heavy atom. The van der Waals surface area contributed by atoms with Crippen LogP contribution in [0.1, 0.15) is 5.56 Å². The Labute approximate surface area is 71.2 Å². The Bertz CT molecular complexity index is 403. The molecule has 0 bridgehead atoms. The summed E-state index contributed by atoms with van der Waals surface area (Å²) in [5.41, 5.74) is 2.29. The lowest BCUT2D eigenvalue weighted by atomic mass is 10.1. The van der Waals surface area contributed by atoms with Crippen LogP contribution in [0, 0.1) is 6.92 Å². The molecule has 0 amide bonds. The van der Waals surface area contributed by atoms with Gasteiger partial charge < -0.3 is 9.72 Å². The van der Waals surface area contributed by atoms with Gasteiger partial charge in [-0.15, -0.1) is 0 Å². The van der Waals surface area contributed by atoms with Crippen molar-refractivity contribution in [3.63, 3.8) is 0 Å². The number of hydrogen-bond donors (Lipinski definition) is 1. The number of aromatic nitrogens is 1. The fraction of sp³-hybridized carbons (Fsp3) is 0.200. The van der Waals surface area contributed by atoms with Crippen LogP contribution in [0.5, 0.6) is 5.75 Å². The smallest absolute Gasteiger partial charge is 0.143 e. The molecule has 2 rings (SSSR count). The predicted octanol–water partition coefficient (Wildman–Crippen LogP) is 2.48. The summed E-state index contributed by atoms with van der Waals surface area (Å²) in [5, 5.41) is 1.20. The van der Waals surface area contributed by atoms with Gasteiger partial charge in [0, 0.05) is 11.6 Å². The zero-order chi connectivity index (χ0) is 8.55. The third-order valence-electron chi connectivity index (χ3n) is 1.99. The van der Waals surface area contributed by atoms with E-state index in [0.717, 1.165) is 11.3 Å². The number of aromatic amines is 1. The quantitative estimate of drug-likeness (QED) is 0.682. The Morgan fingerprint density at radius 3 is 2.92 bits per heavy atom. The molecule has 0 aliphatic heterocycles. The van der Waals surface area contributed by atoms with E-state index < -0.39 is 0 Å². The SMILES string of the molecule is COc1cc(C)cc2cc[nH]c12. The largest absolute Gasteiger partial charge is 0.495 e. The molecule has 2 aromatic rings. The minimum absolute atomic E-state index is 0.912. The molecule has 0 spiro atoms. The molecule has 0 saturated carbocycles. The molecule has 12 heavy (non-hydrogen) atoms.